The van der Waals surface area contributed by atoms with Gasteiger partial charge in [-0.2, -0.15) is 0 Å². The molecule has 426 valence electrons. The Morgan fingerprint density at radius 1 is 0.432 bits per heavy atom. The number of nitrogens with zero attached hydrogens (tertiary/aromatic N) is 1. The van der Waals surface area contributed by atoms with Gasteiger partial charge in [0.1, 0.15) is 19.8 Å². The monoisotopic (exact) mass is 1050 g/mol. The summed E-state index contributed by atoms with van der Waals surface area (Å²) in [6.07, 6.45) is 74.6. The number of unbranched alkanes of at least 4 members (excludes halogenated alkanes) is 24. The van der Waals surface area contributed by atoms with Crippen molar-refractivity contribution in [1.82, 2.24) is 0 Å². The third-order valence-corrected chi connectivity index (χ3v) is 13.6. The van der Waals surface area contributed by atoms with E-state index in [1.165, 1.54) is 128 Å². The SMILES string of the molecule is CC/C=C\C/C=C\C/C=C\C/C=C\C/C=C\C/C=C\C/C=C\C/C=C\CCCCC(=O)OC(COC(=O)CCCCCCCCCCCCCCCCCCCCCCCCC)COP(=O)([O-])OCC[N+](C)(C)C. The standard InChI is InChI=1S/C64H112NO8P/c1-6-8-10-12-14-16-18-20-22-24-26-28-30-31-32-33-35-37-39-41-43-45-47-49-51-53-55-57-64(67)73-62(61-72-74(68,69)71-59-58-65(3,4)5)60-70-63(66)56-54-52-50-48-46-44-42-40-38-36-34-29-27-25-23-21-19-17-15-13-11-9-7-2/h8,10,14,16,20,22,26,28,31-32,35,37,41,43,47,49,62H,6-7,9,11-13,15,17-19,21,23-25,27,29-30,33-34,36,38-40,42,44-46,48,50-61H2,1-5H3/b10-8-,16-14-,22-20-,28-26-,32-31-,37-35-,43-41-,49-47-. The summed E-state index contributed by atoms with van der Waals surface area (Å²) >= 11 is 0. The highest BCUT2D eigenvalue weighted by molar-refractivity contribution is 7.45. The fourth-order valence-electron chi connectivity index (χ4n) is 8.03. The van der Waals surface area contributed by atoms with Crippen LogP contribution in [0, 0.1) is 0 Å². The van der Waals surface area contributed by atoms with E-state index in [1.54, 1.807) is 0 Å². The molecular formula is C64H112NO8P. The van der Waals surface area contributed by atoms with Crippen LogP contribution >= 0.6 is 7.82 Å². The molecule has 0 aliphatic rings. The Balaban J connectivity index is 4.26. The molecule has 0 heterocycles. The van der Waals surface area contributed by atoms with Gasteiger partial charge in [0.25, 0.3) is 7.82 Å². The second-order valence-corrected chi connectivity index (χ2v) is 22.4. The van der Waals surface area contributed by atoms with Crippen molar-refractivity contribution in [1.29, 1.82) is 0 Å². The van der Waals surface area contributed by atoms with Crippen molar-refractivity contribution in [3.8, 4) is 0 Å². The van der Waals surface area contributed by atoms with Crippen molar-refractivity contribution in [2.75, 3.05) is 47.5 Å². The van der Waals surface area contributed by atoms with Crippen LogP contribution in [-0.4, -0.2) is 70.0 Å². The number of hydrogen-bond acceptors (Lipinski definition) is 8. The van der Waals surface area contributed by atoms with E-state index in [2.05, 4.69) is 111 Å². The zero-order valence-electron chi connectivity index (χ0n) is 48.3. The quantitative estimate of drug-likeness (QED) is 0.0195. The molecule has 0 N–H and O–H groups in total. The average Bonchev–Trinajstić information content (AvgIpc) is 3.36. The number of quaternary nitrogens is 1. The molecule has 0 saturated carbocycles. The number of carbonyl (C=O) groups is 2. The first kappa shape index (κ1) is 70.9. The number of hydrogen-bond donors (Lipinski definition) is 0. The summed E-state index contributed by atoms with van der Waals surface area (Å²) in [6, 6.07) is 0. The zero-order chi connectivity index (χ0) is 54.2. The number of carbonyl (C=O) groups excluding carboxylic acids is 2. The number of likely N-dealkylation sites (N-methyl/N-ethyl adjacent to an activating group) is 1. The van der Waals surface area contributed by atoms with Crippen LogP contribution in [0.1, 0.15) is 245 Å². The molecule has 0 fully saturated rings. The fraction of sp³-hybridized carbons (Fsp3) is 0.719. The Hall–Kier alpha value is -3.07. The molecule has 2 unspecified atom stereocenters. The highest BCUT2D eigenvalue weighted by Gasteiger charge is 2.21. The molecular weight excluding hydrogens is 942 g/mol. The molecule has 0 aliphatic heterocycles. The Kier molecular flexibility index (Phi) is 52.4. The fourth-order valence-corrected chi connectivity index (χ4v) is 8.75. The Morgan fingerprint density at radius 2 is 0.770 bits per heavy atom. The summed E-state index contributed by atoms with van der Waals surface area (Å²) in [4.78, 5) is 37.9. The van der Waals surface area contributed by atoms with Crippen molar-refractivity contribution in [2.24, 2.45) is 0 Å². The normalized spacial score (nSPS) is 14.0. The van der Waals surface area contributed by atoms with Gasteiger partial charge in [0.2, 0.25) is 0 Å². The first-order valence-electron chi connectivity index (χ1n) is 29.9. The van der Waals surface area contributed by atoms with E-state index in [1.807, 2.05) is 21.1 Å². The number of allylic oxidation sites excluding steroid dienone is 16. The van der Waals surface area contributed by atoms with Crippen LogP contribution in [0.15, 0.2) is 97.2 Å². The lowest BCUT2D eigenvalue weighted by Crippen LogP contribution is -2.37. The first-order valence-corrected chi connectivity index (χ1v) is 31.4. The number of ether oxygens (including phenoxy) is 2. The molecule has 0 rings (SSSR count). The van der Waals surface area contributed by atoms with Gasteiger partial charge in [-0.15, -0.1) is 0 Å². The average molecular weight is 1050 g/mol. The molecule has 0 aromatic heterocycles. The Morgan fingerprint density at radius 3 is 1.15 bits per heavy atom. The van der Waals surface area contributed by atoms with E-state index in [0.717, 1.165) is 83.5 Å². The minimum Gasteiger partial charge on any atom is -0.756 e. The summed E-state index contributed by atoms with van der Waals surface area (Å²) in [6.45, 7) is 4.09. The molecule has 0 spiro atoms. The van der Waals surface area contributed by atoms with Crippen molar-refractivity contribution in [2.45, 2.75) is 251 Å². The summed E-state index contributed by atoms with van der Waals surface area (Å²) in [5.74, 6) is -0.883. The maximum absolute atomic E-state index is 12.8. The lowest BCUT2D eigenvalue weighted by atomic mass is 10.0. The summed E-state index contributed by atoms with van der Waals surface area (Å²) in [5.41, 5.74) is 0. The number of phosphoric ester groups is 1. The van der Waals surface area contributed by atoms with Gasteiger partial charge in [0.15, 0.2) is 6.10 Å². The molecule has 0 bridgehead atoms. The van der Waals surface area contributed by atoms with Gasteiger partial charge >= 0.3 is 11.9 Å². The van der Waals surface area contributed by atoms with Gasteiger partial charge < -0.3 is 27.9 Å². The lowest BCUT2D eigenvalue weighted by Gasteiger charge is -2.28. The van der Waals surface area contributed by atoms with E-state index >= 15 is 0 Å². The third kappa shape index (κ3) is 58.2. The van der Waals surface area contributed by atoms with Gasteiger partial charge in [-0.25, -0.2) is 0 Å². The van der Waals surface area contributed by atoms with Crippen molar-refractivity contribution in [3.05, 3.63) is 97.2 Å². The van der Waals surface area contributed by atoms with Gasteiger partial charge in [-0.05, 0) is 77.0 Å². The van der Waals surface area contributed by atoms with Crippen LogP contribution in [0.4, 0.5) is 0 Å². The minimum atomic E-state index is -4.65. The molecule has 74 heavy (non-hydrogen) atoms. The molecule has 10 heteroatoms. The topological polar surface area (TPSA) is 111 Å². The van der Waals surface area contributed by atoms with E-state index in [9.17, 15) is 19.0 Å². The summed E-state index contributed by atoms with van der Waals surface area (Å²) in [7, 11) is 1.13. The van der Waals surface area contributed by atoms with Crippen LogP contribution in [-0.2, 0) is 32.7 Å². The maximum Gasteiger partial charge on any atom is 0.306 e. The molecule has 2 atom stereocenters. The zero-order valence-corrected chi connectivity index (χ0v) is 49.2. The van der Waals surface area contributed by atoms with Crippen LogP contribution in [0.2, 0.25) is 0 Å². The summed E-state index contributed by atoms with van der Waals surface area (Å²) in [5, 5.41) is 0. The van der Waals surface area contributed by atoms with Crippen LogP contribution < -0.4 is 4.89 Å². The Bertz CT molecular complexity index is 1570. The molecule has 0 radical (unpaired) electrons. The molecule has 0 amide bonds. The van der Waals surface area contributed by atoms with Crippen molar-refractivity contribution in [3.63, 3.8) is 0 Å². The van der Waals surface area contributed by atoms with E-state index in [-0.39, 0.29) is 26.1 Å². The Labute approximate surface area is 455 Å². The number of phosphoric acid groups is 1. The van der Waals surface area contributed by atoms with Crippen LogP contribution in [0.5, 0.6) is 0 Å². The van der Waals surface area contributed by atoms with Crippen molar-refractivity contribution < 1.29 is 42.1 Å². The lowest BCUT2D eigenvalue weighted by molar-refractivity contribution is -0.870. The second kappa shape index (κ2) is 54.7. The molecule has 0 aliphatic carbocycles. The van der Waals surface area contributed by atoms with Gasteiger partial charge in [-0.3, -0.25) is 14.2 Å². The number of rotatable bonds is 54. The maximum atomic E-state index is 12.8. The smallest absolute Gasteiger partial charge is 0.306 e. The minimum absolute atomic E-state index is 0.0433. The van der Waals surface area contributed by atoms with Crippen molar-refractivity contribution >= 4 is 19.8 Å². The highest BCUT2D eigenvalue weighted by atomic mass is 31.2. The highest BCUT2D eigenvalue weighted by Crippen LogP contribution is 2.38. The molecule has 0 aromatic rings. The second-order valence-electron chi connectivity index (χ2n) is 21.0. The van der Waals surface area contributed by atoms with E-state index in [4.69, 9.17) is 18.5 Å². The predicted molar refractivity (Wildman–Crippen MR) is 314 cm³/mol. The predicted octanol–water partition coefficient (Wildman–Crippen LogP) is 18.2. The third-order valence-electron chi connectivity index (χ3n) is 12.6. The van der Waals surface area contributed by atoms with Gasteiger partial charge in [0.05, 0.1) is 27.7 Å². The number of esters is 2. The molecule has 9 nitrogen and oxygen atoms in total. The van der Waals surface area contributed by atoms with E-state index < -0.39 is 32.5 Å². The molecule has 0 aromatic carbocycles. The van der Waals surface area contributed by atoms with E-state index in [0.29, 0.717) is 17.4 Å². The summed E-state index contributed by atoms with van der Waals surface area (Å²) < 4.78 is 34.1. The molecule has 0 saturated heterocycles. The first-order chi connectivity index (χ1) is 36.0. The van der Waals surface area contributed by atoms with Crippen LogP contribution in [0.25, 0.3) is 0 Å². The van der Waals surface area contributed by atoms with Gasteiger partial charge in [0, 0.05) is 12.8 Å². The van der Waals surface area contributed by atoms with Gasteiger partial charge in [-0.1, -0.05) is 252 Å². The largest absolute Gasteiger partial charge is 0.756 e. The van der Waals surface area contributed by atoms with Crippen LogP contribution in [0.3, 0.4) is 0 Å².